The SMILES string of the molecule is Cc1ccccc1CNC(=O)[C@@H](C)N(c1ccc(Cl)cc1)S(C)(=O)=O. The second-order valence-electron chi connectivity index (χ2n) is 5.86. The molecule has 0 saturated carbocycles. The third-order valence-electron chi connectivity index (χ3n) is 3.88. The normalized spacial score (nSPS) is 12.5. The fraction of sp³-hybridized carbons (Fsp3) is 0.278. The van der Waals surface area contributed by atoms with Crippen molar-refractivity contribution >= 4 is 33.2 Å². The van der Waals surface area contributed by atoms with Crippen molar-refractivity contribution in [3.8, 4) is 0 Å². The molecule has 2 rings (SSSR count). The molecule has 0 radical (unpaired) electrons. The van der Waals surface area contributed by atoms with Gasteiger partial charge in [-0.15, -0.1) is 0 Å². The number of hydrogen-bond acceptors (Lipinski definition) is 3. The molecular formula is C18H21ClN2O3S. The molecule has 1 N–H and O–H groups in total. The van der Waals surface area contributed by atoms with Gasteiger partial charge in [-0.3, -0.25) is 9.10 Å². The van der Waals surface area contributed by atoms with Crippen LogP contribution in [0.5, 0.6) is 0 Å². The van der Waals surface area contributed by atoms with E-state index in [1.165, 1.54) is 0 Å². The van der Waals surface area contributed by atoms with Crippen LogP contribution in [0.2, 0.25) is 5.02 Å². The Balaban J connectivity index is 2.18. The van der Waals surface area contributed by atoms with Crippen molar-refractivity contribution < 1.29 is 13.2 Å². The van der Waals surface area contributed by atoms with E-state index >= 15 is 0 Å². The Labute approximate surface area is 153 Å². The highest BCUT2D eigenvalue weighted by molar-refractivity contribution is 7.92. The maximum absolute atomic E-state index is 12.5. The van der Waals surface area contributed by atoms with Gasteiger partial charge in [-0.2, -0.15) is 0 Å². The smallest absolute Gasteiger partial charge is 0.243 e. The summed E-state index contributed by atoms with van der Waals surface area (Å²) in [6.07, 6.45) is 1.08. The molecule has 0 aromatic heterocycles. The van der Waals surface area contributed by atoms with Crippen LogP contribution in [0.4, 0.5) is 5.69 Å². The molecule has 0 spiro atoms. The van der Waals surface area contributed by atoms with Gasteiger partial charge in [-0.05, 0) is 49.2 Å². The first-order chi connectivity index (χ1) is 11.7. The summed E-state index contributed by atoms with van der Waals surface area (Å²) in [5.41, 5.74) is 2.44. The van der Waals surface area contributed by atoms with Gasteiger partial charge in [0.2, 0.25) is 15.9 Å². The minimum absolute atomic E-state index is 0.341. The fourth-order valence-electron chi connectivity index (χ4n) is 2.54. The van der Waals surface area contributed by atoms with Crippen LogP contribution in [0.3, 0.4) is 0 Å². The molecule has 0 aliphatic carbocycles. The lowest BCUT2D eigenvalue weighted by molar-refractivity contribution is -0.122. The summed E-state index contributed by atoms with van der Waals surface area (Å²) in [5.74, 6) is -0.372. The molecule has 7 heteroatoms. The number of nitrogens with one attached hydrogen (secondary N) is 1. The summed E-state index contributed by atoms with van der Waals surface area (Å²) >= 11 is 5.86. The molecule has 0 unspecified atom stereocenters. The number of carbonyl (C=O) groups excluding carboxylic acids is 1. The van der Waals surface area contributed by atoms with Gasteiger partial charge < -0.3 is 5.32 Å². The third kappa shape index (κ3) is 4.96. The van der Waals surface area contributed by atoms with E-state index in [1.54, 1.807) is 31.2 Å². The van der Waals surface area contributed by atoms with E-state index < -0.39 is 16.1 Å². The summed E-state index contributed by atoms with van der Waals surface area (Å²) in [6.45, 7) is 3.86. The zero-order chi connectivity index (χ0) is 18.6. The van der Waals surface area contributed by atoms with Crippen LogP contribution >= 0.6 is 11.6 Å². The lowest BCUT2D eigenvalue weighted by Crippen LogP contribution is -2.47. The highest BCUT2D eigenvalue weighted by Crippen LogP contribution is 2.23. The van der Waals surface area contributed by atoms with Crippen LogP contribution in [0.25, 0.3) is 0 Å². The lowest BCUT2D eigenvalue weighted by Gasteiger charge is -2.28. The van der Waals surface area contributed by atoms with Crippen LogP contribution in [0.1, 0.15) is 18.1 Å². The van der Waals surface area contributed by atoms with E-state index in [1.807, 2.05) is 31.2 Å². The van der Waals surface area contributed by atoms with Crippen molar-refractivity contribution in [1.29, 1.82) is 0 Å². The van der Waals surface area contributed by atoms with E-state index in [2.05, 4.69) is 5.32 Å². The summed E-state index contributed by atoms with van der Waals surface area (Å²) in [4.78, 5) is 12.5. The molecule has 134 valence electrons. The molecule has 0 fully saturated rings. The number of nitrogens with zero attached hydrogens (tertiary/aromatic N) is 1. The Morgan fingerprint density at radius 3 is 2.32 bits per heavy atom. The number of benzene rings is 2. The molecule has 25 heavy (non-hydrogen) atoms. The highest BCUT2D eigenvalue weighted by atomic mass is 35.5. The van der Waals surface area contributed by atoms with Crippen LogP contribution in [-0.2, 0) is 21.4 Å². The van der Waals surface area contributed by atoms with Crippen molar-refractivity contribution in [3.63, 3.8) is 0 Å². The quantitative estimate of drug-likeness (QED) is 0.837. The Morgan fingerprint density at radius 1 is 1.16 bits per heavy atom. The predicted molar refractivity (Wildman–Crippen MR) is 101 cm³/mol. The molecule has 5 nitrogen and oxygen atoms in total. The molecule has 2 aromatic carbocycles. The minimum Gasteiger partial charge on any atom is -0.350 e. The first-order valence-electron chi connectivity index (χ1n) is 7.77. The largest absolute Gasteiger partial charge is 0.350 e. The van der Waals surface area contributed by atoms with Gasteiger partial charge in [0, 0.05) is 11.6 Å². The van der Waals surface area contributed by atoms with Gasteiger partial charge in [-0.1, -0.05) is 35.9 Å². The summed E-state index contributed by atoms with van der Waals surface area (Å²) in [6, 6.07) is 13.2. The lowest BCUT2D eigenvalue weighted by atomic mass is 10.1. The standard InChI is InChI=1S/C18H21ClN2O3S/c1-13-6-4-5-7-15(13)12-20-18(22)14(2)21(25(3,23)24)17-10-8-16(19)9-11-17/h4-11,14H,12H2,1-3H3,(H,20,22)/t14-/m1/s1. The highest BCUT2D eigenvalue weighted by Gasteiger charge is 2.28. The van der Waals surface area contributed by atoms with E-state index in [0.29, 0.717) is 17.3 Å². The molecular weight excluding hydrogens is 360 g/mol. The minimum atomic E-state index is -3.64. The maximum Gasteiger partial charge on any atom is 0.243 e. The average molecular weight is 381 g/mol. The zero-order valence-electron chi connectivity index (χ0n) is 14.4. The van der Waals surface area contributed by atoms with E-state index in [9.17, 15) is 13.2 Å². The number of carbonyl (C=O) groups is 1. The van der Waals surface area contributed by atoms with Crippen LogP contribution < -0.4 is 9.62 Å². The number of sulfonamides is 1. The maximum atomic E-state index is 12.5. The second-order valence-corrected chi connectivity index (χ2v) is 8.15. The Hall–Kier alpha value is -2.05. The predicted octanol–water partition coefficient (Wildman–Crippen LogP) is 3.12. The van der Waals surface area contributed by atoms with Gasteiger partial charge in [0.15, 0.2) is 0 Å². The van der Waals surface area contributed by atoms with Crippen LogP contribution in [0.15, 0.2) is 48.5 Å². The second kappa shape index (κ2) is 7.89. The molecule has 0 aliphatic rings. The Morgan fingerprint density at radius 2 is 1.76 bits per heavy atom. The van der Waals surface area contributed by atoms with Gasteiger partial charge >= 0.3 is 0 Å². The van der Waals surface area contributed by atoms with E-state index in [4.69, 9.17) is 11.6 Å². The van der Waals surface area contributed by atoms with Gasteiger partial charge in [0.25, 0.3) is 0 Å². The van der Waals surface area contributed by atoms with Crippen molar-refractivity contribution in [1.82, 2.24) is 5.32 Å². The molecule has 2 aromatic rings. The van der Waals surface area contributed by atoms with Crippen molar-refractivity contribution in [3.05, 3.63) is 64.7 Å². The molecule has 0 bridgehead atoms. The zero-order valence-corrected chi connectivity index (χ0v) is 15.9. The monoisotopic (exact) mass is 380 g/mol. The fourth-order valence-corrected chi connectivity index (χ4v) is 3.84. The molecule has 1 atom stereocenters. The van der Waals surface area contributed by atoms with Gasteiger partial charge in [0.05, 0.1) is 11.9 Å². The van der Waals surface area contributed by atoms with Crippen molar-refractivity contribution in [2.24, 2.45) is 0 Å². The number of rotatable bonds is 6. The first kappa shape index (κ1) is 19.3. The summed E-state index contributed by atoms with van der Waals surface area (Å²) in [7, 11) is -3.64. The van der Waals surface area contributed by atoms with Gasteiger partial charge in [0.1, 0.15) is 6.04 Å². The summed E-state index contributed by atoms with van der Waals surface area (Å²) in [5, 5.41) is 3.30. The molecule has 0 aliphatic heterocycles. The molecule has 0 saturated heterocycles. The van der Waals surface area contributed by atoms with Crippen molar-refractivity contribution in [2.75, 3.05) is 10.6 Å². The van der Waals surface area contributed by atoms with Crippen LogP contribution in [0, 0.1) is 6.92 Å². The van der Waals surface area contributed by atoms with E-state index in [-0.39, 0.29) is 5.91 Å². The molecule has 0 heterocycles. The molecule has 1 amide bonds. The van der Waals surface area contributed by atoms with E-state index in [0.717, 1.165) is 21.7 Å². The van der Waals surface area contributed by atoms with Crippen LogP contribution in [-0.4, -0.2) is 26.6 Å². The third-order valence-corrected chi connectivity index (χ3v) is 5.38. The number of halogens is 1. The number of hydrogen-bond donors (Lipinski definition) is 1. The van der Waals surface area contributed by atoms with Gasteiger partial charge in [-0.25, -0.2) is 8.42 Å². The first-order valence-corrected chi connectivity index (χ1v) is 10.00. The number of aryl methyl sites for hydroxylation is 1. The van der Waals surface area contributed by atoms with Crippen molar-refractivity contribution in [2.45, 2.75) is 26.4 Å². The number of anilines is 1. The Kier molecular flexibility index (Phi) is 6.08. The average Bonchev–Trinajstić information content (AvgIpc) is 2.54. The number of amides is 1. The summed E-state index contributed by atoms with van der Waals surface area (Å²) < 4.78 is 25.5. The topological polar surface area (TPSA) is 66.5 Å². The Bertz CT molecular complexity index is 851.